The van der Waals surface area contributed by atoms with Crippen LogP contribution in [0.1, 0.15) is 32.1 Å². The lowest BCUT2D eigenvalue weighted by Gasteiger charge is -2.50. The molecule has 1 aromatic heterocycles. The maximum absolute atomic E-state index is 4.41. The van der Waals surface area contributed by atoms with Crippen molar-refractivity contribution >= 4 is 5.82 Å². The number of pyridine rings is 1. The van der Waals surface area contributed by atoms with E-state index in [4.69, 9.17) is 0 Å². The van der Waals surface area contributed by atoms with Gasteiger partial charge in [-0.25, -0.2) is 4.98 Å². The molecule has 0 bridgehead atoms. The highest BCUT2D eigenvalue weighted by Gasteiger charge is 2.39. The Bertz CT molecular complexity index is 420. The van der Waals surface area contributed by atoms with Crippen LogP contribution in [0.3, 0.4) is 0 Å². The van der Waals surface area contributed by atoms with Gasteiger partial charge in [0.1, 0.15) is 5.82 Å². The Morgan fingerprint density at radius 3 is 2.52 bits per heavy atom. The van der Waals surface area contributed by atoms with E-state index in [2.05, 4.69) is 39.3 Å². The van der Waals surface area contributed by atoms with Crippen LogP contribution in [0.2, 0.25) is 0 Å². The quantitative estimate of drug-likeness (QED) is 0.922. The number of piperidine rings is 2. The molecule has 3 rings (SSSR count). The molecule has 2 aliphatic heterocycles. The number of rotatable bonds is 4. The Morgan fingerprint density at radius 1 is 1.10 bits per heavy atom. The number of hydrogen-bond acceptors (Lipinski definition) is 4. The van der Waals surface area contributed by atoms with Gasteiger partial charge in [0.25, 0.3) is 0 Å². The van der Waals surface area contributed by atoms with Gasteiger partial charge in [-0.2, -0.15) is 0 Å². The third-order valence-electron chi connectivity index (χ3n) is 5.21. The molecule has 0 spiro atoms. The molecule has 2 aliphatic rings. The van der Waals surface area contributed by atoms with Gasteiger partial charge in [-0.15, -0.1) is 0 Å². The number of likely N-dealkylation sites (tertiary alicyclic amines) is 2. The Kier molecular flexibility index (Phi) is 4.76. The summed E-state index contributed by atoms with van der Waals surface area (Å²) in [7, 11) is 2.24. The summed E-state index contributed by atoms with van der Waals surface area (Å²) in [5.74, 6) is 1.01. The molecule has 116 valence electrons. The van der Waals surface area contributed by atoms with Crippen LogP contribution < -0.4 is 5.32 Å². The number of anilines is 1. The van der Waals surface area contributed by atoms with Crippen molar-refractivity contribution in [1.29, 1.82) is 0 Å². The second kappa shape index (κ2) is 6.75. The molecule has 21 heavy (non-hydrogen) atoms. The maximum atomic E-state index is 4.41. The number of hydrogen-bond donors (Lipinski definition) is 1. The van der Waals surface area contributed by atoms with Gasteiger partial charge in [0, 0.05) is 18.3 Å². The van der Waals surface area contributed by atoms with E-state index in [1.165, 1.54) is 58.3 Å². The van der Waals surface area contributed by atoms with Crippen LogP contribution >= 0.6 is 0 Å². The molecule has 0 amide bonds. The third-order valence-corrected chi connectivity index (χ3v) is 5.21. The van der Waals surface area contributed by atoms with E-state index in [9.17, 15) is 0 Å². The average molecular weight is 288 g/mol. The highest BCUT2D eigenvalue weighted by molar-refractivity contribution is 5.34. The van der Waals surface area contributed by atoms with Gasteiger partial charge in [0.15, 0.2) is 0 Å². The van der Waals surface area contributed by atoms with Gasteiger partial charge in [-0.1, -0.05) is 12.5 Å². The van der Waals surface area contributed by atoms with Crippen molar-refractivity contribution < 1.29 is 0 Å². The molecule has 1 aromatic rings. The molecule has 0 aliphatic carbocycles. The molecule has 0 radical (unpaired) electrons. The monoisotopic (exact) mass is 288 g/mol. The molecule has 0 atom stereocenters. The predicted octanol–water partition coefficient (Wildman–Crippen LogP) is 2.44. The summed E-state index contributed by atoms with van der Waals surface area (Å²) >= 11 is 0. The van der Waals surface area contributed by atoms with E-state index < -0.39 is 0 Å². The van der Waals surface area contributed by atoms with Gasteiger partial charge in [0.2, 0.25) is 0 Å². The molecule has 2 saturated heterocycles. The maximum Gasteiger partial charge on any atom is 0.125 e. The minimum Gasteiger partial charge on any atom is -0.368 e. The summed E-state index contributed by atoms with van der Waals surface area (Å²) in [5, 5.41) is 3.60. The van der Waals surface area contributed by atoms with Gasteiger partial charge in [-0.3, -0.25) is 4.90 Å². The lowest BCUT2D eigenvalue weighted by Crippen LogP contribution is -2.59. The topological polar surface area (TPSA) is 31.4 Å². The average Bonchev–Trinajstić information content (AvgIpc) is 2.57. The fourth-order valence-corrected chi connectivity index (χ4v) is 3.73. The standard InChI is InChI=1S/C17H28N4/c1-20-13-8-17(9-14-20,21-11-5-2-6-12-21)15-19-16-7-3-4-10-18-16/h3-4,7,10H,2,5-6,8-9,11-15H2,1H3,(H,18,19). The first-order valence-corrected chi connectivity index (χ1v) is 8.37. The Morgan fingerprint density at radius 2 is 1.86 bits per heavy atom. The highest BCUT2D eigenvalue weighted by Crippen LogP contribution is 2.31. The van der Waals surface area contributed by atoms with E-state index in [1.54, 1.807) is 0 Å². The Labute approximate surface area is 128 Å². The molecule has 0 unspecified atom stereocenters. The third kappa shape index (κ3) is 3.55. The Hall–Kier alpha value is -1.13. The largest absolute Gasteiger partial charge is 0.368 e. The normalized spacial score (nSPS) is 23.9. The number of nitrogens with zero attached hydrogens (tertiary/aromatic N) is 3. The molecule has 0 saturated carbocycles. The van der Waals surface area contributed by atoms with Crippen molar-refractivity contribution in [2.45, 2.75) is 37.6 Å². The summed E-state index contributed by atoms with van der Waals surface area (Å²) in [5.41, 5.74) is 0.324. The van der Waals surface area contributed by atoms with Gasteiger partial charge < -0.3 is 10.2 Å². The van der Waals surface area contributed by atoms with E-state index in [0.29, 0.717) is 5.54 Å². The molecule has 3 heterocycles. The van der Waals surface area contributed by atoms with Crippen LogP contribution in [0.5, 0.6) is 0 Å². The van der Waals surface area contributed by atoms with Gasteiger partial charge >= 0.3 is 0 Å². The zero-order valence-corrected chi connectivity index (χ0v) is 13.2. The molecule has 0 aromatic carbocycles. The summed E-state index contributed by atoms with van der Waals surface area (Å²) in [4.78, 5) is 9.64. The van der Waals surface area contributed by atoms with Gasteiger partial charge in [-0.05, 0) is 71.0 Å². The zero-order chi connectivity index (χ0) is 14.5. The first-order chi connectivity index (χ1) is 10.3. The molecule has 1 N–H and O–H groups in total. The minimum absolute atomic E-state index is 0.324. The van der Waals surface area contributed by atoms with Crippen LogP contribution in [0.15, 0.2) is 24.4 Å². The van der Waals surface area contributed by atoms with Crippen LogP contribution in [-0.2, 0) is 0 Å². The lowest BCUT2D eigenvalue weighted by molar-refractivity contribution is 0.0234. The fraction of sp³-hybridized carbons (Fsp3) is 0.706. The summed E-state index contributed by atoms with van der Waals surface area (Å²) in [6, 6.07) is 6.09. The first-order valence-electron chi connectivity index (χ1n) is 8.37. The fourth-order valence-electron chi connectivity index (χ4n) is 3.73. The second-order valence-electron chi connectivity index (χ2n) is 6.64. The lowest BCUT2D eigenvalue weighted by atomic mass is 9.84. The summed E-state index contributed by atoms with van der Waals surface area (Å²) < 4.78 is 0. The van der Waals surface area contributed by atoms with E-state index in [0.717, 1.165) is 12.4 Å². The van der Waals surface area contributed by atoms with E-state index in [-0.39, 0.29) is 0 Å². The van der Waals surface area contributed by atoms with Crippen LogP contribution in [0, 0.1) is 0 Å². The molecular weight excluding hydrogens is 260 g/mol. The van der Waals surface area contributed by atoms with Crippen molar-refractivity contribution in [1.82, 2.24) is 14.8 Å². The Balaban J connectivity index is 1.69. The van der Waals surface area contributed by atoms with Crippen LogP contribution in [-0.4, -0.2) is 60.1 Å². The number of aromatic nitrogens is 1. The zero-order valence-electron chi connectivity index (χ0n) is 13.2. The first kappa shape index (κ1) is 14.8. The van der Waals surface area contributed by atoms with Crippen LogP contribution in [0.4, 0.5) is 5.82 Å². The smallest absolute Gasteiger partial charge is 0.125 e. The molecule has 4 heteroatoms. The van der Waals surface area contributed by atoms with Crippen molar-refractivity contribution in [3.63, 3.8) is 0 Å². The van der Waals surface area contributed by atoms with Gasteiger partial charge in [0.05, 0.1) is 0 Å². The van der Waals surface area contributed by atoms with E-state index >= 15 is 0 Å². The van der Waals surface area contributed by atoms with Crippen LogP contribution in [0.25, 0.3) is 0 Å². The molecular formula is C17H28N4. The summed E-state index contributed by atoms with van der Waals surface area (Å²) in [6.45, 7) is 5.99. The highest BCUT2D eigenvalue weighted by atomic mass is 15.3. The van der Waals surface area contributed by atoms with Crippen molar-refractivity contribution in [3.05, 3.63) is 24.4 Å². The number of nitrogens with one attached hydrogen (secondary N) is 1. The molecule has 2 fully saturated rings. The SMILES string of the molecule is CN1CCC(CNc2ccccn2)(N2CCCCC2)CC1. The minimum atomic E-state index is 0.324. The van der Waals surface area contributed by atoms with Crippen molar-refractivity contribution in [2.24, 2.45) is 0 Å². The van der Waals surface area contributed by atoms with E-state index in [1.807, 2.05) is 12.3 Å². The second-order valence-corrected chi connectivity index (χ2v) is 6.64. The van der Waals surface area contributed by atoms with Crippen molar-refractivity contribution in [3.8, 4) is 0 Å². The predicted molar refractivity (Wildman–Crippen MR) is 87.6 cm³/mol. The van der Waals surface area contributed by atoms with Crippen molar-refractivity contribution in [2.75, 3.05) is 45.1 Å². The molecule has 4 nitrogen and oxygen atoms in total. The summed E-state index contributed by atoms with van der Waals surface area (Å²) in [6.07, 6.45) is 8.53.